The van der Waals surface area contributed by atoms with Crippen molar-refractivity contribution < 1.29 is 18.8 Å². The highest BCUT2D eigenvalue weighted by Gasteiger charge is 2.15. The third-order valence-corrected chi connectivity index (χ3v) is 3.87. The molecule has 6 heteroatoms. The predicted molar refractivity (Wildman–Crippen MR) is 96.6 cm³/mol. The van der Waals surface area contributed by atoms with Crippen molar-refractivity contribution >= 4 is 17.6 Å². The number of benzene rings is 2. The van der Waals surface area contributed by atoms with Crippen LogP contribution in [0.25, 0.3) is 0 Å². The van der Waals surface area contributed by atoms with E-state index in [1.165, 1.54) is 11.0 Å². The van der Waals surface area contributed by atoms with E-state index in [-0.39, 0.29) is 11.6 Å². The van der Waals surface area contributed by atoms with E-state index in [4.69, 9.17) is 9.26 Å². The van der Waals surface area contributed by atoms with Gasteiger partial charge in [-0.2, -0.15) is 0 Å². The van der Waals surface area contributed by atoms with Crippen LogP contribution in [0.1, 0.15) is 32.2 Å². The minimum absolute atomic E-state index is 0.109. The van der Waals surface area contributed by atoms with Crippen LogP contribution in [0.5, 0.6) is 5.75 Å². The van der Waals surface area contributed by atoms with E-state index >= 15 is 0 Å². The molecular weight excluding hydrogens is 332 g/mol. The molecule has 1 aromatic heterocycles. The van der Waals surface area contributed by atoms with E-state index in [9.17, 15) is 9.59 Å². The number of carbonyl (C=O) groups is 2. The summed E-state index contributed by atoms with van der Waals surface area (Å²) >= 11 is 0. The van der Waals surface area contributed by atoms with Crippen LogP contribution in [0.15, 0.2) is 59.1 Å². The Balaban J connectivity index is 1.69. The van der Waals surface area contributed by atoms with E-state index in [0.717, 1.165) is 5.56 Å². The van der Waals surface area contributed by atoms with Gasteiger partial charge in [-0.1, -0.05) is 22.9 Å². The molecule has 0 aliphatic rings. The molecule has 132 valence electrons. The van der Waals surface area contributed by atoms with E-state index in [2.05, 4.69) is 5.16 Å². The van der Waals surface area contributed by atoms with Crippen LogP contribution in [-0.2, 0) is 0 Å². The molecule has 1 amide bonds. The standard InChI is InChI=1S/C20H18N2O4/c1-13-4-6-15(7-5-13)19(23)22(3)16-8-10-17(11-9-16)25-20(24)18-12-14(2)26-21-18/h4-12H,1-3H3. The second-order valence-corrected chi connectivity index (χ2v) is 5.94. The Morgan fingerprint density at radius 2 is 1.65 bits per heavy atom. The molecule has 0 radical (unpaired) electrons. The van der Waals surface area contributed by atoms with Crippen LogP contribution < -0.4 is 9.64 Å². The molecule has 0 saturated carbocycles. The van der Waals surface area contributed by atoms with E-state index in [1.807, 2.05) is 19.1 Å². The van der Waals surface area contributed by atoms with E-state index in [0.29, 0.717) is 22.8 Å². The fraction of sp³-hybridized carbons (Fsp3) is 0.150. The number of rotatable bonds is 4. The van der Waals surface area contributed by atoms with Gasteiger partial charge in [-0.15, -0.1) is 0 Å². The molecule has 0 N–H and O–H groups in total. The summed E-state index contributed by atoms with van der Waals surface area (Å²) in [6, 6.07) is 15.6. The molecular formula is C20H18N2O4. The quantitative estimate of drug-likeness (QED) is 0.529. The van der Waals surface area contributed by atoms with Crippen LogP contribution in [0.2, 0.25) is 0 Å². The van der Waals surface area contributed by atoms with Gasteiger partial charge in [0.2, 0.25) is 0 Å². The molecule has 6 nitrogen and oxygen atoms in total. The third-order valence-electron chi connectivity index (χ3n) is 3.87. The number of carbonyl (C=O) groups excluding carboxylic acids is 2. The molecule has 2 aromatic carbocycles. The maximum atomic E-state index is 12.5. The van der Waals surface area contributed by atoms with Gasteiger partial charge in [0.15, 0.2) is 5.69 Å². The van der Waals surface area contributed by atoms with Crippen molar-refractivity contribution in [3.05, 3.63) is 77.2 Å². The van der Waals surface area contributed by atoms with Crippen LogP contribution in [0.3, 0.4) is 0 Å². The monoisotopic (exact) mass is 350 g/mol. The van der Waals surface area contributed by atoms with Crippen molar-refractivity contribution in [3.8, 4) is 5.75 Å². The molecule has 0 spiro atoms. The minimum atomic E-state index is -0.598. The number of aryl methyl sites for hydroxylation is 2. The van der Waals surface area contributed by atoms with Crippen LogP contribution in [0.4, 0.5) is 5.69 Å². The topological polar surface area (TPSA) is 72.6 Å². The average molecular weight is 350 g/mol. The number of anilines is 1. The van der Waals surface area contributed by atoms with Gasteiger partial charge in [-0.05, 0) is 50.2 Å². The second-order valence-electron chi connectivity index (χ2n) is 5.94. The third kappa shape index (κ3) is 3.80. The molecule has 3 rings (SSSR count). The molecule has 0 unspecified atom stereocenters. The fourth-order valence-electron chi connectivity index (χ4n) is 2.37. The summed E-state index contributed by atoms with van der Waals surface area (Å²) < 4.78 is 10.1. The Labute approximate surface area is 151 Å². The summed E-state index contributed by atoms with van der Waals surface area (Å²) in [5, 5.41) is 3.62. The first kappa shape index (κ1) is 17.4. The largest absolute Gasteiger partial charge is 0.422 e. The Hall–Kier alpha value is -3.41. The van der Waals surface area contributed by atoms with Crippen LogP contribution in [-0.4, -0.2) is 24.1 Å². The van der Waals surface area contributed by atoms with Gasteiger partial charge in [0.25, 0.3) is 5.91 Å². The predicted octanol–water partition coefficient (Wildman–Crippen LogP) is 3.79. The zero-order valence-electron chi connectivity index (χ0n) is 14.7. The van der Waals surface area contributed by atoms with Gasteiger partial charge in [0.05, 0.1) is 0 Å². The summed E-state index contributed by atoms with van der Waals surface area (Å²) in [5.41, 5.74) is 2.50. The Kier molecular flexibility index (Phi) is 4.84. The van der Waals surface area contributed by atoms with Gasteiger partial charge < -0.3 is 14.2 Å². The van der Waals surface area contributed by atoms with Crippen molar-refractivity contribution in [2.24, 2.45) is 0 Å². The summed E-state index contributed by atoms with van der Waals surface area (Å²) in [4.78, 5) is 26.0. The Morgan fingerprint density at radius 3 is 2.23 bits per heavy atom. The average Bonchev–Trinajstić information content (AvgIpc) is 3.08. The first-order valence-corrected chi connectivity index (χ1v) is 8.04. The van der Waals surface area contributed by atoms with Crippen LogP contribution >= 0.6 is 0 Å². The SMILES string of the molecule is Cc1ccc(C(=O)N(C)c2ccc(OC(=O)c3cc(C)on3)cc2)cc1. The summed E-state index contributed by atoms with van der Waals surface area (Å²) in [6.07, 6.45) is 0. The highest BCUT2D eigenvalue weighted by molar-refractivity contribution is 6.05. The highest BCUT2D eigenvalue weighted by Crippen LogP contribution is 2.21. The molecule has 0 bridgehead atoms. The fourth-order valence-corrected chi connectivity index (χ4v) is 2.37. The zero-order chi connectivity index (χ0) is 18.7. The van der Waals surface area contributed by atoms with Crippen molar-refractivity contribution in [1.29, 1.82) is 0 Å². The number of hydrogen-bond donors (Lipinski definition) is 0. The molecule has 0 aliphatic carbocycles. The van der Waals surface area contributed by atoms with Crippen molar-refractivity contribution in [2.75, 3.05) is 11.9 Å². The molecule has 0 atom stereocenters. The molecule has 0 saturated heterocycles. The maximum Gasteiger partial charge on any atom is 0.365 e. The summed E-state index contributed by atoms with van der Waals surface area (Å²) in [5.74, 6) is 0.172. The maximum absolute atomic E-state index is 12.5. The Bertz CT molecular complexity index is 927. The van der Waals surface area contributed by atoms with Gasteiger partial charge in [-0.3, -0.25) is 4.79 Å². The number of nitrogens with zero attached hydrogens (tertiary/aromatic N) is 2. The summed E-state index contributed by atoms with van der Waals surface area (Å²) in [6.45, 7) is 3.66. The lowest BCUT2D eigenvalue weighted by atomic mass is 10.1. The van der Waals surface area contributed by atoms with Crippen LogP contribution in [0, 0.1) is 13.8 Å². The molecule has 0 aliphatic heterocycles. The van der Waals surface area contributed by atoms with E-state index < -0.39 is 5.97 Å². The van der Waals surface area contributed by atoms with Gasteiger partial charge in [0, 0.05) is 24.4 Å². The zero-order valence-corrected chi connectivity index (χ0v) is 14.7. The first-order valence-electron chi connectivity index (χ1n) is 8.04. The Morgan fingerprint density at radius 1 is 1.00 bits per heavy atom. The van der Waals surface area contributed by atoms with Gasteiger partial charge in [0.1, 0.15) is 11.5 Å². The lowest BCUT2D eigenvalue weighted by molar-refractivity contribution is 0.0723. The highest BCUT2D eigenvalue weighted by atomic mass is 16.5. The molecule has 0 fully saturated rings. The first-order chi connectivity index (χ1) is 12.4. The molecule has 3 aromatic rings. The van der Waals surface area contributed by atoms with Gasteiger partial charge >= 0.3 is 5.97 Å². The minimum Gasteiger partial charge on any atom is -0.422 e. The number of aromatic nitrogens is 1. The number of ether oxygens (including phenoxy) is 1. The number of hydrogen-bond acceptors (Lipinski definition) is 5. The summed E-state index contributed by atoms with van der Waals surface area (Å²) in [7, 11) is 1.70. The smallest absolute Gasteiger partial charge is 0.365 e. The normalized spacial score (nSPS) is 10.4. The van der Waals surface area contributed by atoms with Gasteiger partial charge in [-0.25, -0.2) is 4.79 Å². The lowest BCUT2D eigenvalue weighted by Crippen LogP contribution is -2.26. The van der Waals surface area contributed by atoms with Crippen molar-refractivity contribution in [3.63, 3.8) is 0 Å². The molecule has 1 heterocycles. The molecule has 26 heavy (non-hydrogen) atoms. The number of amides is 1. The van der Waals surface area contributed by atoms with Crippen molar-refractivity contribution in [2.45, 2.75) is 13.8 Å². The number of esters is 1. The van der Waals surface area contributed by atoms with E-state index in [1.54, 1.807) is 50.4 Å². The second kappa shape index (κ2) is 7.23. The lowest BCUT2D eigenvalue weighted by Gasteiger charge is -2.17. The van der Waals surface area contributed by atoms with Crippen molar-refractivity contribution in [1.82, 2.24) is 5.16 Å².